The van der Waals surface area contributed by atoms with Crippen molar-refractivity contribution in [3.63, 3.8) is 0 Å². The first-order chi connectivity index (χ1) is 14.6. The van der Waals surface area contributed by atoms with Gasteiger partial charge in [0.1, 0.15) is 5.75 Å². The van der Waals surface area contributed by atoms with Gasteiger partial charge < -0.3 is 10.4 Å². The van der Waals surface area contributed by atoms with Gasteiger partial charge in [0, 0.05) is 22.4 Å². The van der Waals surface area contributed by atoms with E-state index in [1.54, 1.807) is 60.7 Å². The highest BCUT2D eigenvalue weighted by Crippen LogP contribution is 2.23. The molecule has 0 bridgehead atoms. The number of phenols is 1. The van der Waals surface area contributed by atoms with Gasteiger partial charge in [-0.25, -0.2) is 0 Å². The van der Waals surface area contributed by atoms with Crippen LogP contribution in [0.5, 0.6) is 5.75 Å². The van der Waals surface area contributed by atoms with Gasteiger partial charge in [0.25, 0.3) is 5.91 Å². The quantitative estimate of drug-likeness (QED) is 0.437. The van der Waals surface area contributed by atoms with Crippen molar-refractivity contribution in [1.82, 2.24) is 0 Å². The molecule has 4 aromatic carbocycles. The Morgan fingerprint density at radius 3 is 1.87 bits per heavy atom. The normalized spacial score (nSPS) is 10.4. The lowest BCUT2D eigenvalue weighted by molar-refractivity contribution is 0.102. The Bertz CT molecular complexity index is 1180. The summed E-state index contributed by atoms with van der Waals surface area (Å²) in [6.07, 6.45) is 0. The summed E-state index contributed by atoms with van der Waals surface area (Å²) >= 11 is 0. The van der Waals surface area contributed by atoms with Gasteiger partial charge in [-0.3, -0.25) is 9.59 Å². The Hall–Kier alpha value is -4.18. The third-order valence-electron chi connectivity index (χ3n) is 4.77. The maximum absolute atomic E-state index is 12.6. The fourth-order valence-corrected chi connectivity index (χ4v) is 3.17. The third kappa shape index (κ3) is 4.28. The molecular weight excluding hydrogens is 374 g/mol. The van der Waals surface area contributed by atoms with Crippen LogP contribution in [0.3, 0.4) is 0 Å². The minimum Gasteiger partial charge on any atom is -0.508 e. The molecule has 4 rings (SSSR count). The number of hydrogen-bond donors (Lipinski definition) is 2. The van der Waals surface area contributed by atoms with Crippen LogP contribution in [0.25, 0.3) is 11.1 Å². The molecule has 1 amide bonds. The Balaban J connectivity index is 1.49. The zero-order chi connectivity index (χ0) is 20.9. The van der Waals surface area contributed by atoms with Gasteiger partial charge in [0.2, 0.25) is 0 Å². The maximum atomic E-state index is 12.6. The molecule has 0 spiro atoms. The van der Waals surface area contributed by atoms with Gasteiger partial charge in [-0.15, -0.1) is 0 Å². The zero-order valence-electron chi connectivity index (χ0n) is 16.1. The SMILES string of the molecule is O=C(Nc1cccc(C(=O)c2ccccc2)c1)c1ccc(-c2ccc(O)cc2)cc1. The van der Waals surface area contributed by atoms with Crippen LogP contribution in [0.15, 0.2) is 103 Å². The first-order valence-corrected chi connectivity index (χ1v) is 9.51. The number of carbonyl (C=O) groups excluding carboxylic acids is 2. The van der Waals surface area contributed by atoms with Gasteiger partial charge in [0.05, 0.1) is 0 Å². The number of carbonyl (C=O) groups is 2. The summed E-state index contributed by atoms with van der Waals surface area (Å²) in [5.41, 5.74) is 4.09. The van der Waals surface area contributed by atoms with Crippen LogP contribution in [0.2, 0.25) is 0 Å². The van der Waals surface area contributed by atoms with Crippen molar-refractivity contribution >= 4 is 17.4 Å². The van der Waals surface area contributed by atoms with Gasteiger partial charge in [0.15, 0.2) is 5.78 Å². The lowest BCUT2D eigenvalue weighted by atomic mass is 10.0. The largest absolute Gasteiger partial charge is 0.508 e. The molecule has 0 aromatic heterocycles. The van der Waals surface area contributed by atoms with E-state index in [2.05, 4.69) is 5.32 Å². The average Bonchev–Trinajstić information content (AvgIpc) is 2.80. The van der Waals surface area contributed by atoms with E-state index in [0.717, 1.165) is 11.1 Å². The van der Waals surface area contributed by atoms with E-state index in [4.69, 9.17) is 0 Å². The molecule has 30 heavy (non-hydrogen) atoms. The summed E-state index contributed by atoms with van der Waals surface area (Å²) in [5, 5.41) is 12.3. The van der Waals surface area contributed by atoms with E-state index in [0.29, 0.717) is 22.4 Å². The predicted octanol–water partition coefficient (Wildman–Crippen LogP) is 5.54. The Morgan fingerprint density at radius 1 is 0.600 bits per heavy atom. The van der Waals surface area contributed by atoms with E-state index < -0.39 is 0 Å². The first kappa shape index (κ1) is 19.2. The molecule has 0 aliphatic heterocycles. The average molecular weight is 393 g/mol. The van der Waals surface area contributed by atoms with Crippen molar-refractivity contribution in [2.24, 2.45) is 0 Å². The number of phenolic OH excluding ortho intramolecular Hbond substituents is 1. The Kier molecular flexibility index (Phi) is 5.39. The molecule has 0 atom stereocenters. The van der Waals surface area contributed by atoms with E-state index in [9.17, 15) is 14.7 Å². The van der Waals surface area contributed by atoms with Crippen molar-refractivity contribution in [2.75, 3.05) is 5.32 Å². The molecule has 4 aromatic rings. The number of ketones is 1. The standard InChI is InChI=1S/C26H19NO3/c28-24-15-13-19(14-16-24)18-9-11-21(12-10-18)26(30)27-23-8-4-7-22(17-23)25(29)20-5-2-1-3-6-20/h1-17,28H,(H,27,30). The van der Waals surface area contributed by atoms with E-state index in [1.165, 1.54) is 0 Å². The number of amides is 1. The van der Waals surface area contributed by atoms with E-state index in [1.807, 2.05) is 42.5 Å². The topological polar surface area (TPSA) is 66.4 Å². The second kappa shape index (κ2) is 8.45. The molecule has 146 valence electrons. The summed E-state index contributed by atoms with van der Waals surface area (Å²) in [6, 6.07) is 30.0. The summed E-state index contributed by atoms with van der Waals surface area (Å²) in [5.74, 6) is -0.135. The second-order valence-corrected chi connectivity index (χ2v) is 6.85. The summed E-state index contributed by atoms with van der Waals surface area (Å²) in [7, 11) is 0. The number of rotatable bonds is 5. The number of nitrogens with one attached hydrogen (secondary N) is 1. The molecule has 0 fully saturated rings. The van der Waals surface area contributed by atoms with Crippen molar-refractivity contribution in [3.8, 4) is 16.9 Å². The molecule has 4 heteroatoms. The number of benzene rings is 4. The van der Waals surface area contributed by atoms with Gasteiger partial charge in [-0.2, -0.15) is 0 Å². The van der Waals surface area contributed by atoms with Crippen molar-refractivity contribution < 1.29 is 14.7 Å². The molecule has 0 heterocycles. The van der Waals surface area contributed by atoms with Crippen LogP contribution in [-0.4, -0.2) is 16.8 Å². The van der Waals surface area contributed by atoms with Gasteiger partial charge in [-0.1, -0.05) is 66.7 Å². The molecule has 0 saturated carbocycles. The van der Waals surface area contributed by atoms with Crippen molar-refractivity contribution in [3.05, 3.63) is 120 Å². The lowest BCUT2D eigenvalue weighted by Crippen LogP contribution is -2.12. The molecule has 0 radical (unpaired) electrons. The van der Waals surface area contributed by atoms with E-state index >= 15 is 0 Å². The maximum Gasteiger partial charge on any atom is 0.255 e. The highest BCUT2D eigenvalue weighted by molar-refractivity contribution is 6.10. The summed E-state index contributed by atoms with van der Waals surface area (Å²) < 4.78 is 0. The minimum absolute atomic E-state index is 0.0926. The van der Waals surface area contributed by atoms with Gasteiger partial charge in [-0.05, 0) is 47.5 Å². The molecule has 0 aliphatic rings. The van der Waals surface area contributed by atoms with Crippen molar-refractivity contribution in [1.29, 1.82) is 0 Å². The molecule has 0 unspecified atom stereocenters. The van der Waals surface area contributed by atoms with Crippen LogP contribution in [0.1, 0.15) is 26.3 Å². The smallest absolute Gasteiger partial charge is 0.255 e. The first-order valence-electron chi connectivity index (χ1n) is 9.51. The summed E-state index contributed by atoms with van der Waals surface area (Å²) in [4.78, 5) is 25.2. The highest BCUT2D eigenvalue weighted by atomic mass is 16.3. The monoisotopic (exact) mass is 393 g/mol. The minimum atomic E-state index is -0.253. The van der Waals surface area contributed by atoms with Crippen LogP contribution in [0, 0.1) is 0 Å². The van der Waals surface area contributed by atoms with Crippen LogP contribution >= 0.6 is 0 Å². The Morgan fingerprint density at radius 2 is 1.20 bits per heavy atom. The fraction of sp³-hybridized carbons (Fsp3) is 0. The third-order valence-corrected chi connectivity index (χ3v) is 4.77. The van der Waals surface area contributed by atoms with E-state index in [-0.39, 0.29) is 17.4 Å². The molecule has 2 N–H and O–H groups in total. The van der Waals surface area contributed by atoms with Crippen molar-refractivity contribution in [2.45, 2.75) is 0 Å². The number of anilines is 1. The molecular formula is C26H19NO3. The number of hydrogen-bond acceptors (Lipinski definition) is 3. The number of aromatic hydroxyl groups is 1. The highest BCUT2D eigenvalue weighted by Gasteiger charge is 2.11. The predicted molar refractivity (Wildman–Crippen MR) is 118 cm³/mol. The zero-order valence-corrected chi connectivity index (χ0v) is 16.1. The van der Waals surface area contributed by atoms with Gasteiger partial charge >= 0.3 is 0 Å². The van der Waals surface area contributed by atoms with Crippen LogP contribution < -0.4 is 5.32 Å². The lowest BCUT2D eigenvalue weighted by Gasteiger charge is -2.08. The summed E-state index contributed by atoms with van der Waals surface area (Å²) in [6.45, 7) is 0. The molecule has 4 nitrogen and oxygen atoms in total. The molecule has 0 saturated heterocycles. The van der Waals surface area contributed by atoms with Crippen LogP contribution in [0.4, 0.5) is 5.69 Å². The second-order valence-electron chi connectivity index (χ2n) is 6.85. The fourth-order valence-electron chi connectivity index (χ4n) is 3.17. The van der Waals surface area contributed by atoms with Crippen LogP contribution in [-0.2, 0) is 0 Å². The Labute approximate surface area is 174 Å². The molecule has 0 aliphatic carbocycles.